The molecule has 6 nitrogen and oxygen atoms in total. The molecule has 0 aromatic heterocycles. The van der Waals surface area contributed by atoms with Crippen molar-refractivity contribution in [3.63, 3.8) is 0 Å². The van der Waals surface area contributed by atoms with Gasteiger partial charge in [0.05, 0.1) is 0 Å². The molecule has 83 heavy (non-hydrogen) atoms. The van der Waals surface area contributed by atoms with E-state index in [0.29, 0.717) is 19.3 Å². The molecular formula is C77H132O6. The van der Waals surface area contributed by atoms with Crippen molar-refractivity contribution < 1.29 is 28.6 Å². The molecule has 0 aliphatic rings. The van der Waals surface area contributed by atoms with Crippen LogP contribution < -0.4 is 0 Å². The maximum Gasteiger partial charge on any atom is 0.306 e. The standard InChI is InChI=1S/C77H132O6/c1-4-7-10-13-16-19-22-25-28-31-33-35-36-37-38-39-40-42-43-46-49-52-55-58-61-64-67-70-76(79)82-73-74(72-81-75(78)69-66-63-60-57-54-51-48-45-30-27-24-21-18-15-12-9-6-3)83-77(80)71-68-65-62-59-56-53-50-47-44-41-34-32-29-26-23-20-17-14-11-8-5-2/h7,9-10,12,16,18-19,21,25,27-28,30,33,35,48,51,57,60,74H,4-6,8,11,13-15,17,20,22-24,26,29,31-32,34,36-47,49-50,52-56,58-59,61-73H2,1-3H3/b10-7-,12-9-,19-16-,21-18-,28-25-,30-27-,35-33-,51-48-,60-57-. The Balaban J connectivity index is 4.36. The van der Waals surface area contributed by atoms with E-state index >= 15 is 0 Å². The van der Waals surface area contributed by atoms with Crippen molar-refractivity contribution in [1.82, 2.24) is 0 Å². The van der Waals surface area contributed by atoms with E-state index in [1.165, 1.54) is 193 Å². The van der Waals surface area contributed by atoms with Crippen LogP contribution in [0.5, 0.6) is 0 Å². The molecule has 6 heteroatoms. The van der Waals surface area contributed by atoms with Gasteiger partial charge in [-0.3, -0.25) is 14.4 Å². The molecule has 0 aromatic rings. The van der Waals surface area contributed by atoms with Crippen molar-refractivity contribution in [1.29, 1.82) is 0 Å². The maximum absolute atomic E-state index is 13.0. The minimum atomic E-state index is -0.802. The molecule has 0 bridgehead atoms. The molecule has 0 fully saturated rings. The second-order valence-corrected chi connectivity index (χ2v) is 23.4. The van der Waals surface area contributed by atoms with Crippen LogP contribution in [-0.2, 0) is 28.6 Å². The van der Waals surface area contributed by atoms with Crippen molar-refractivity contribution in [2.24, 2.45) is 0 Å². The van der Waals surface area contributed by atoms with Gasteiger partial charge in [0.25, 0.3) is 0 Å². The number of hydrogen-bond acceptors (Lipinski definition) is 6. The van der Waals surface area contributed by atoms with E-state index in [4.69, 9.17) is 14.2 Å². The van der Waals surface area contributed by atoms with Crippen LogP contribution in [0.1, 0.15) is 342 Å². The summed E-state index contributed by atoms with van der Waals surface area (Å²) in [6, 6.07) is 0. The zero-order chi connectivity index (χ0) is 59.9. The Hall–Kier alpha value is -3.93. The van der Waals surface area contributed by atoms with Crippen molar-refractivity contribution in [3.05, 3.63) is 109 Å². The first-order chi connectivity index (χ1) is 41.0. The zero-order valence-corrected chi connectivity index (χ0v) is 54.7. The Morgan fingerprint density at radius 2 is 0.482 bits per heavy atom. The fourth-order valence-electron chi connectivity index (χ4n) is 10.1. The van der Waals surface area contributed by atoms with Gasteiger partial charge in [-0.15, -0.1) is 0 Å². The minimum Gasteiger partial charge on any atom is -0.462 e. The van der Waals surface area contributed by atoms with Gasteiger partial charge in [-0.05, 0) is 96.3 Å². The fourth-order valence-corrected chi connectivity index (χ4v) is 10.1. The fraction of sp³-hybridized carbons (Fsp3) is 0.727. The minimum absolute atomic E-state index is 0.0934. The molecular weight excluding hydrogens is 1020 g/mol. The summed E-state index contributed by atoms with van der Waals surface area (Å²) >= 11 is 0. The van der Waals surface area contributed by atoms with Crippen LogP contribution in [0.25, 0.3) is 0 Å². The summed E-state index contributed by atoms with van der Waals surface area (Å²) in [5.41, 5.74) is 0. The van der Waals surface area contributed by atoms with E-state index in [9.17, 15) is 14.4 Å². The zero-order valence-electron chi connectivity index (χ0n) is 54.7. The first-order valence-electron chi connectivity index (χ1n) is 35.4. The number of hydrogen-bond donors (Lipinski definition) is 0. The lowest BCUT2D eigenvalue weighted by molar-refractivity contribution is -0.167. The second-order valence-electron chi connectivity index (χ2n) is 23.4. The highest BCUT2D eigenvalue weighted by Gasteiger charge is 2.19. The Kier molecular flexibility index (Phi) is 67.2. The summed E-state index contributed by atoms with van der Waals surface area (Å²) < 4.78 is 17.0. The van der Waals surface area contributed by atoms with Gasteiger partial charge < -0.3 is 14.2 Å². The largest absolute Gasteiger partial charge is 0.462 e. The summed E-state index contributed by atoms with van der Waals surface area (Å²) in [7, 11) is 0. The van der Waals surface area contributed by atoms with Gasteiger partial charge in [0.1, 0.15) is 13.2 Å². The lowest BCUT2D eigenvalue weighted by Crippen LogP contribution is -2.30. The molecule has 1 unspecified atom stereocenters. The van der Waals surface area contributed by atoms with Crippen molar-refractivity contribution in [2.45, 2.75) is 348 Å². The smallest absolute Gasteiger partial charge is 0.306 e. The molecule has 0 rings (SSSR count). The van der Waals surface area contributed by atoms with Gasteiger partial charge in [0, 0.05) is 19.3 Å². The van der Waals surface area contributed by atoms with E-state index < -0.39 is 6.10 Å². The topological polar surface area (TPSA) is 78.9 Å². The molecule has 0 radical (unpaired) electrons. The highest BCUT2D eigenvalue weighted by molar-refractivity contribution is 5.71. The second kappa shape index (κ2) is 70.6. The number of allylic oxidation sites excluding steroid dienone is 18. The highest BCUT2D eigenvalue weighted by Crippen LogP contribution is 2.18. The number of unbranched alkanes of at least 4 members (excludes halogenated alkanes) is 35. The molecule has 1 atom stereocenters. The van der Waals surface area contributed by atoms with Crippen molar-refractivity contribution in [2.75, 3.05) is 13.2 Å². The number of ether oxygens (including phenoxy) is 3. The van der Waals surface area contributed by atoms with Crippen LogP contribution in [0.15, 0.2) is 109 Å². The number of esters is 3. The summed E-state index contributed by atoms with van der Waals surface area (Å²) in [6.07, 6.45) is 96.9. The molecule has 0 saturated heterocycles. The van der Waals surface area contributed by atoms with Gasteiger partial charge >= 0.3 is 17.9 Å². The van der Waals surface area contributed by atoms with Gasteiger partial charge in [0.15, 0.2) is 6.10 Å². The Morgan fingerprint density at radius 1 is 0.253 bits per heavy atom. The van der Waals surface area contributed by atoms with Crippen LogP contribution in [0.3, 0.4) is 0 Å². The lowest BCUT2D eigenvalue weighted by atomic mass is 10.0. The molecule has 0 aromatic carbocycles. The molecule has 0 spiro atoms. The van der Waals surface area contributed by atoms with E-state index in [2.05, 4.69) is 130 Å². The number of rotatable bonds is 64. The molecule has 0 aliphatic heterocycles. The summed E-state index contributed by atoms with van der Waals surface area (Å²) in [6.45, 7) is 6.41. The van der Waals surface area contributed by atoms with Crippen LogP contribution in [-0.4, -0.2) is 37.2 Å². The molecule has 0 amide bonds. The molecule has 476 valence electrons. The van der Waals surface area contributed by atoms with Crippen molar-refractivity contribution >= 4 is 17.9 Å². The van der Waals surface area contributed by atoms with Crippen molar-refractivity contribution in [3.8, 4) is 0 Å². The van der Waals surface area contributed by atoms with Gasteiger partial charge in [-0.1, -0.05) is 336 Å². The summed E-state index contributed by atoms with van der Waals surface area (Å²) in [5.74, 6) is -0.938. The lowest BCUT2D eigenvalue weighted by Gasteiger charge is -2.18. The third-order valence-corrected chi connectivity index (χ3v) is 15.3. The van der Waals surface area contributed by atoms with E-state index in [-0.39, 0.29) is 37.5 Å². The van der Waals surface area contributed by atoms with E-state index in [0.717, 1.165) is 103 Å². The third-order valence-electron chi connectivity index (χ3n) is 15.3. The highest BCUT2D eigenvalue weighted by atomic mass is 16.6. The van der Waals surface area contributed by atoms with Crippen LogP contribution in [0, 0.1) is 0 Å². The molecule has 0 heterocycles. The number of carbonyl (C=O) groups excluding carboxylic acids is 3. The maximum atomic E-state index is 13.0. The van der Waals surface area contributed by atoms with E-state index in [1.54, 1.807) is 0 Å². The van der Waals surface area contributed by atoms with Crippen LogP contribution in [0.4, 0.5) is 0 Å². The average Bonchev–Trinajstić information content (AvgIpc) is 3.50. The first-order valence-corrected chi connectivity index (χ1v) is 35.4. The quantitative estimate of drug-likeness (QED) is 0.0261. The predicted octanol–water partition coefficient (Wildman–Crippen LogP) is 24.6. The van der Waals surface area contributed by atoms with Crippen LogP contribution in [0.2, 0.25) is 0 Å². The van der Waals surface area contributed by atoms with E-state index in [1.807, 2.05) is 0 Å². The Morgan fingerprint density at radius 3 is 0.783 bits per heavy atom. The Bertz CT molecular complexity index is 1660. The predicted molar refractivity (Wildman–Crippen MR) is 362 cm³/mol. The van der Waals surface area contributed by atoms with Gasteiger partial charge in [-0.25, -0.2) is 0 Å². The third kappa shape index (κ3) is 68.7. The first kappa shape index (κ1) is 79.1. The average molecular weight is 1150 g/mol. The van der Waals surface area contributed by atoms with Gasteiger partial charge in [-0.2, -0.15) is 0 Å². The normalized spacial score (nSPS) is 12.8. The molecule has 0 aliphatic carbocycles. The monoisotopic (exact) mass is 1150 g/mol. The molecule has 0 saturated carbocycles. The Labute approximate surface area is 514 Å². The van der Waals surface area contributed by atoms with Crippen LogP contribution >= 0.6 is 0 Å². The van der Waals surface area contributed by atoms with Gasteiger partial charge in [0.2, 0.25) is 0 Å². The molecule has 0 N–H and O–H groups in total. The number of carbonyl (C=O) groups is 3. The SMILES string of the molecule is CC/C=C\C/C=C\C/C=C\C/C=C\C/C=C\CCCC(=O)OCC(COC(=O)CCCCCCCCCCCCCCCC/C=C\C/C=C\C/C=C\C/C=C\CC)OC(=O)CCCCCCCCCCCCCCCCCCCCCCC. The summed E-state index contributed by atoms with van der Waals surface area (Å²) in [4.78, 5) is 38.5. The summed E-state index contributed by atoms with van der Waals surface area (Å²) in [5, 5.41) is 0.